The highest BCUT2D eigenvalue weighted by atomic mass is 35.5. The summed E-state index contributed by atoms with van der Waals surface area (Å²) in [6.45, 7) is 4.68. The number of carboxylic acid groups (broad SMARTS) is 1. The Morgan fingerprint density at radius 1 is 1.02 bits per heavy atom. The van der Waals surface area contributed by atoms with Crippen LogP contribution in [-0.2, 0) is 19.4 Å². The Kier molecular flexibility index (Phi) is 9.53. The van der Waals surface area contributed by atoms with E-state index >= 15 is 0 Å². The number of nitrogens with zero attached hydrogens (tertiary/aromatic N) is 2. The lowest BCUT2D eigenvalue weighted by atomic mass is 9.98. The first kappa shape index (κ1) is 30.4. The largest absolute Gasteiger partial charge is 0.478 e. The number of halogens is 1. The van der Waals surface area contributed by atoms with Crippen LogP contribution < -0.4 is 5.32 Å². The van der Waals surface area contributed by atoms with Crippen molar-refractivity contribution in [3.8, 4) is 11.1 Å². The molecule has 1 heterocycles. The SMILES string of the molecule is CCCc1nc2c(C)cc(C(=O)N[C@@H](CS)Cc3ccccc3Cl)cc2n1Cc1ccc(-c2ccccc2C(=O)O)cc1. The number of hydrogen-bond donors (Lipinski definition) is 3. The molecule has 0 saturated carbocycles. The number of imidazole rings is 1. The van der Waals surface area contributed by atoms with Crippen LogP contribution in [0.3, 0.4) is 0 Å². The molecule has 5 aromatic rings. The molecule has 0 bridgehead atoms. The molecular weight excluding hydrogens is 578 g/mol. The quantitative estimate of drug-likeness (QED) is 0.134. The van der Waals surface area contributed by atoms with E-state index in [-0.39, 0.29) is 17.5 Å². The first-order valence-corrected chi connectivity index (χ1v) is 15.4. The second-order valence-electron chi connectivity index (χ2n) is 10.7. The fraction of sp³-hybridized carbons (Fsp3) is 0.229. The van der Waals surface area contributed by atoms with Crippen LogP contribution >= 0.6 is 24.2 Å². The normalized spacial score (nSPS) is 11.9. The van der Waals surface area contributed by atoms with E-state index in [4.69, 9.17) is 16.6 Å². The number of aryl methyl sites for hydroxylation is 2. The number of fused-ring (bicyclic) bond motifs is 1. The van der Waals surface area contributed by atoms with Crippen LogP contribution in [0.4, 0.5) is 0 Å². The predicted molar refractivity (Wildman–Crippen MR) is 177 cm³/mol. The second-order valence-corrected chi connectivity index (χ2v) is 11.5. The maximum atomic E-state index is 13.5. The lowest BCUT2D eigenvalue weighted by Gasteiger charge is -2.18. The number of amides is 1. The number of carbonyl (C=O) groups is 2. The Morgan fingerprint density at radius 3 is 2.44 bits per heavy atom. The summed E-state index contributed by atoms with van der Waals surface area (Å²) in [6.07, 6.45) is 2.33. The maximum Gasteiger partial charge on any atom is 0.336 e. The van der Waals surface area contributed by atoms with Crippen molar-refractivity contribution in [1.29, 1.82) is 0 Å². The summed E-state index contributed by atoms with van der Waals surface area (Å²) in [5.41, 5.74) is 7.11. The number of aromatic carboxylic acids is 1. The summed E-state index contributed by atoms with van der Waals surface area (Å²) < 4.78 is 2.18. The van der Waals surface area contributed by atoms with Gasteiger partial charge in [0.1, 0.15) is 5.82 Å². The van der Waals surface area contributed by atoms with Gasteiger partial charge in [-0.1, -0.05) is 79.2 Å². The first-order chi connectivity index (χ1) is 20.8. The van der Waals surface area contributed by atoms with Crippen molar-refractivity contribution in [3.63, 3.8) is 0 Å². The molecule has 0 aliphatic heterocycles. The van der Waals surface area contributed by atoms with Crippen molar-refractivity contribution < 1.29 is 14.7 Å². The molecule has 8 heteroatoms. The van der Waals surface area contributed by atoms with Gasteiger partial charge in [-0.15, -0.1) is 0 Å². The predicted octanol–water partition coefficient (Wildman–Crippen LogP) is 7.64. The third-order valence-corrected chi connectivity index (χ3v) is 8.41. The van der Waals surface area contributed by atoms with E-state index in [0.717, 1.165) is 52.0 Å². The van der Waals surface area contributed by atoms with Gasteiger partial charge in [0, 0.05) is 35.3 Å². The van der Waals surface area contributed by atoms with Crippen molar-refractivity contribution in [3.05, 3.63) is 124 Å². The third kappa shape index (κ3) is 6.79. The van der Waals surface area contributed by atoms with Crippen LogP contribution in [0.5, 0.6) is 0 Å². The molecule has 0 radical (unpaired) electrons. The second kappa shape index (κ2) is 13.5. The van der Waals surface area contributed by atoms with E-state index in [0.29, 0.717) is 34.9 Å². The summed E-state index contributed by atoms with van der Waals surface area (Å²) in [5, 5.41) is 13.4. The molecule has 2 N–H and O–H groups in total. The molecule has 1 amide bonds. The number of nitrogens with one attached hydrogen (secondary N) is 1. The molecule has 6 nitrogen and oxygen atoms in total. The van der Waals surface area contributed by atoms with Crippen molar-refractivity contribution >= 4 is 47.1 Å². The fourth-order valence-electron chi connectivity index (χ4n) is 5.42. The average Bonchev–Trinajstić information content (AvgIpc) is 3.35. The standard InChI is InChI=1S/C35H34ClN3O3S/c1-3-8-32-38-33-22(2)17-26(34(40)37-27(21-43)18-25-9-4-7-12-30(25)36)19-31(33)39(32)20-23-13-15-24(16-14-23)28-10-5-6-11-29(28)35(41)42/h4-7,9-17,19,27,43H,3,8,18,20-21H2,1-2H3,(H,37,40)(H,41,42)/t27-/m1/s1. The fourth-order valence-corrected chi connectivity index (χ4v) is 5.85. The zero-order valence-electron chi connectivity index (χ0n) is 24.2. The van der Waals surface area contributed by atoms with Gasteiger partial charge in [-0.3, -0.25) is 4.79 Å². The molecule has 0 aliphatic carbocycles. The van der Waals surface area contributed by atoms with Gasteiger partial charge >= 0.3 is 5.97 Å². The van der Waals surface area contributed by atoms with Gasteiger partial charge < -0.3 is 15.0 Å². The minimum Gasteiger partial charge on any atom is -0.478 e. The molecule has 43 heavy (non-hydrogen) atoms. The molecule has 220 valence electrons. The van der Waals surface area contributed by atoms with E-state index < -0.39 is 5.97 Å². The number of aromatic nitrogens is 2. The van der Waals surface area contributed by atoms with Crippen molar-refractivity contribution in [1.82, 2.24) is 14.9 Å². The third-order valence-electron chi connectivity index (χ3n) is 7.60. The van der Waals surface area contributed by atoms with Gasteiger partial charge in [0.05, 0.1) is 16.6 Å². The van der Waals surface area contributed by atoms with E-state index in [1.54, 1.807) is 12.1 Å². The number of carbonyl (C=O) groups excluding carboxylic acids is 1. The van der Waals surface area contributed by atoms with Crippen LogP contribution in [0.2, 0.25) is 5.02 Å². The minimum absolute atomic E-state index is 0.164. The average molecular weight is 612 g/mol. The Bertz CT molecular complexity index is 1780. The Balaban J connectivity index is 1.44. The zero-order chi connectivity index (χ0) is 30.5. The highest BCUT2D eigenvalue weighted by Crippen LogP contribution is 2.27. The number of benzene rings is 4. The molecule has 5 rings (SSSR count). The molecule has 4 aromatic carbocycles. The monoisotopic (exact) mass is 611 g/mol. The van der Waals surface area contributed by atoms with Crippen LogP contribution in [0.15, 0.2) is 84.9 Å². The summed E-state index contributed by atoms with van der Waals surface area (Å²) in [6, 6.07) is 26.2. The molecule has 1 aromatic heterocycles. The van der Waals surface area contributed by atoms with Gasteiger partial charge in [0.25, 0.3) is 5.91 Å². The maximum absolute atomic E-state index is 13.5. The first-order valence-electron chi connectivity index (χ1n) is 14.4. The molecule has 0 aliphatic rings. The summed E-state index contributed by atoms with van der Waals surface area (Å²) in [4.78, 5) is 30.2. The van der Waals surface area contributed by atoms with Crippen molar-refractivity contribution in [2.24, 2.45) is 0 Å². The van der Waals surface area contributed by atoms with E-state index in [1.165, 1.54) is 0 Å². The lowest BCUT2D eigenvalue weighted by molar-refractivity contribution is 0.0697. The van der Waals surface area contributed by atoms with Gasteiger partial charge in [-0.25, -0.2) is 9.78 Å². The Morgan fingerprint density at radius 2 is 1.74 bits per heavy atom. The molecule has 0 fully saturated rings. The van der Waals surface area contributed by atoms with Crippen LogP contribution in [0.25, 0.3) is 22.2 Å². The zero-order valence-corrected chi connectivity index (χ0v) is 25.8. The van der Waals surface area contributed by atoms with E-state index in [2.05, 4.69) is 29.4 Å². The number of carboxylic acids is 1. The van der Waals surface area contributed by atoms with Crippen molar-refractivity contribution in [2.45, 2.75) is 45.7 Å². The highest BCUT2D eigenvalue weighted by molar-refractivity contribution is 7.80. The molecule has 0 saturated heterocycles. The van der Waals surface area contributed by atoms with Crippen LogP contribution in [0, 0.1) is 6.92 Å². The molecule has 0 unspecified atom stereocenters. The van der Waals surface area contributed by atoms with E-state index in [9.17, 15) is 14.7 Å². The number of rotatable bonds is 11. The Labute approximate surface area is 262 Å². The highest BCUT2D eigenvalue weighted by Gasteiger charge is 2.19. The lowest BCUT2D eigenvalue weighted by Crippen LogP contribution is -2.38. The number of thiol groups is 1. The van der Waals surface area contributed by atoms with E-state index in [1.807, 2.05) is 79.7 Å². The van der Waals surface area contributed by atoms with Crippen LogP contribution in [-0.4, -0.2) is 38.3 Å². The molecule has 0 spiro atoms. The molecule has 1 atom stereocenters. The topological polar surface area (TPSA) is 84.2 Å². The van der Waals surface area contributed by atoms with Gasteiger partial charge in [-0.2, -0.15) is 12.6 Å². The molecular formula is C35H34ClN3O3S. The van der Waals surface area contributed by atoms with Crippen molar-refractivity contribution in [2.75, 3.05) is 5.75 Å². The van der Waals surface area contributed by atoms with Gasteiger partial charge in [0.15, 0.2) is 0 Å². The Hall–Kier alpha value is -4.07. The summed E-state index contributed by atoms with van der Waals surface area (Å²) in [7, 11) is 0. The summed E-state index contributed by atoms with van der Waals surface area (Å²) >= 11 is 10.9. The summed E-state index contributed by atoms with van der Waals surface area (Å²) in [5.74, 6) is 0.324. The van der Waals surface area contributed by atoms with Gasteiger partial charge in [-0.05, 0) is 71.8 Å². The smallest absolute Gasteiger partial charge is 0.336 e. The van der Waals surface area contributed by atoms with Gasteiger partial charge in [0.2, 0.25) is 0 Å². The number of hydrogen-bond acceptors (Lipinski definition) is 4. The van der Waals surface area contributed by atoms with Crippen LogP contribution in [0.1, 0.15) is 56.6 Å². The minimum atomic E-state index is -0.950.